The zero-order valence-corrected chi connectivity index (χ0v) is 16.6. The van der Waals surface area contributed by atoms with Crippen molar-refractivity contribution in [1.82, 2.24) is 19.3 Å². The minimum Gasteiger partial charge on any atom is -0.384 e. The van der Waals surface area contributed by atoms with Gasteiger partial charge in [-0.05, 0) is 12.5 Å². The Kier molecular flexibility index (Phi) is 5.95. The highest BCUT2D eigenvalue weighted by Gasteiger charge is 2.23. The number of Topliss-reactive ketones (excluding diaryl/α,β-unsaturated/α-hetero) is 1. The van der Waals surface area contributed by atoms with Crippen LogP contribution in [0.25, 0.3) is 0 Å². The third kappa shape index (κ3) is 3.99. The van der Waals surface area contributed by atoms with Gasteiger partial charge in [-0.15, -0.1) is 10.2 Å². The summed E-state index contributed by atoms with van der Waals surface area (Å²) in [4.78, 5) is 38.1. The van der Waals surface area contributed by atoms with E-state index in [4.69, 9.17) is 11.5 Å². The molecule has 9 nitrogen and oxygen atoms in total. The normalized spacial score (nSPS) is 10.9. The summed E-state index contributed by atoms with van der Waals surface area (Å²) < 4.78 is 2.78. The Bertz CT molecular complexity index is 1120. The monoisotopic (exact) mass is 418 g/mol. The summed E-state index contributed by atoms with van der Waals surface area (Å²) in [5.74, 6) is -0.683. The lowest BCUT2D eigenvalue weighted by Gasteiger charge is -2.15. The van der Waals surface area contributed by atoms with Crippen LogP contribution < -0.4 is 22.7 Å². The Morgan fingerprint density at radius 3 is 2.46 bits per heavy atom. The lowest BCUT2D eigenvalue weighted by molar-refractivity contribution is 0.102. The molecule has 2 aromatic heterocycles. The molecule has 0 aliphatic heterocycles. The van der Waals surface area contributed by atoms with Gasteiger partial charge in [-0.1, -0.05) is 53.4 Å². The number of ketones is 1. The van der Waals surface area contributed by atoms with Crippen LogP contribution in [0, 0.1) is 0 Å². The molecule has 0 aliphatic rings. The molecule has 3 rings (SSSR count). The van der Waals surface area contributed by atoms with Crippen molar-refractivity contribution in [2.24, 2.45) is 0 Å². The number of carbonyl (C=O) groups excluding carboxylic acids is 1. The minimum absolute atomic E-state index is 0.0681. The van der Waals surface area contributed by atoms with Crippen molar-refractivity contribution in [2.75, 3.05) is 17.2 Å². The van der Waals surface area contributed by atoms with E-state index in [0.29, 0.717) is 9.47 Å². The summed E-state index contributed by atoms with van der Waals surface area (Å²) in [6.07, 6.45) is 0. The number of nitrogen functional groups attached to an aromatic ring is 2. The number of hydrogen-bond donors (Lipinski definition) is 2. The lowest BCUT2D eigenvalue weighted by atomic mass is 10.2. The molecule has 1 aromatic carbocycles. The van der Waals surface area contributed by atoms with Crippen LogP contribution in [0.4, 0.5) is 10.9 Å². The Morgan fingerprint density at radius 1 is 1.14 bits per heavy atom. The largest absolute Gasteiger partial charge is 0.384 e. The van der Waals surface area contributed by atoms with Gasteiger partial charge in [0, 0.05) is 6.54 Å². The molecular weight excluding hydrogens is 400 g/mol. The van der Waals surface area contributed by atoms with Crippen molar-refractivity contribution in [2.45, 2.75) is 24.4 Å². The van der Waals surface area contributed by atoms with Crippen LogP contribution in [0.2, 0.25) is 0 Å². The first-order valence-corrected chi connectivity index (χ1v) is 10.1. The maximum atomic E-state index is 12.7. The van der Waals surface area contributed by atoms with E-state index in [1.807, 2.05) is 30.3 Å². The van der Waals surface area contributed by atoms with Crippen molar-refractivity contribution in [3.8, 4) is 0 Å². The summed E-state index contributed by atoms with van der Waals surface area (Å²) in [5.41, 5.74) is 11.0. The molecule has 0 aliphatic carbocycles. The van der Waals surface area contributed by atoms with Gasteiger partial charge in [0.05, 0.1) is 12.3 Å². The highest BCUT2D eigenvalue weighted by molar-refractivity contribution is 8.01. The molecule has 0 fully saturated rings. The zero-order chi connectivity index (χ0) is 20.3. The van der Waals surface area contributed by atoms with E-state index >= 15 is 0 Å². The number of nitrogens with two attached hydrogens (primary N) is 2. The molecule has 0 radical (unpaired) electrons. The van der Waals surface area contributed by atoms with E-state index in [1.54, 1.807) is 6.92 Å². The Balaban J connectivity index is 1.99. The number of benzene rings is 1. The van der Waals surface area contributed by atoms with Crippen LogP contribution in [-0.4, -0.2) is 30.9 Å². The number of carbonyl (C=O) groups is 1. The summed E-state index contributed by atoms with van der Waals surface area (Å²) in [7, 11) is 0. The number of anilines is 2. The topological polar surface area (TPSA) is 139 Å². The van der Waals surface area contributed by atoms with E-state index in [2.05, 4.69) is 10.2 Å². The van der Waals surface area contributed by atoms with Crippen molar-refractivity contribution in [3.63, 3.8) is 0 Å². The van der Waals surface area contributed by atoms with Crippen LogP contribution >= 0.6 is 23.1 Å². The Hall–Kier alpha value is -2.92. The number of rotatable bonds is 7. The fourth-order valence-corrected chi connectivity index (χ4v) is 4.16. The first-order valence-electron chi connectivity index (χ1n) is 8.34. The molecule has 11 heteroatoms. The molecule has 0 unspecified atom stereocenters. The van der Waals surface area contributed by atoms with E-state index in [1.165, 1.54) is 4.57 Å². The summed E-state index contributed by atoms with van der Waals surface area (Å²) in [6.45, 7) is 1.96. The average Bonchev–Trinajstić information content (AvgIpc) is 3.10. The van der Waals surface area contributed by atoms with E-state index in [-0.39, 0.29) is 30.2 Å². The highest BCUT2D eigenvalue weighted by Crippen LogP contribution is 2.24. The van der Waals surface area contributed by atoms with Gasteiger partial charge >= 0.3 is 5.69 Å². The Morgan fingerprint density at radius 2 is 1.86 bits per heavy atom. The van der Waals surface area contributed by atoms with E-state index in [9.17, 15) is 14.4 Å². The van der Waals surface area contributed by atoms with Gasteiger partial charge in [-0.2, -0.15) is 0 Å². The Labute approximate surface area is 168 Å². The number of thioether (sulfide) groups is 1. The number of aromatic nitrogens is 4. The molecule has 0 amide bonds. The second-order valence-corrected chi connectivity index (χ2v) is 8.01. The molecule has 0 atom stereocenters. The van der Waals surface area contributed by atoms with Crippen LogP contribution in [0.3, 0.4) is 0 Å². The van der Waals surface area contributed by atoms with E-state index < -0.39 is 17.0 Å². The summed E-state index contributed by atoms with van der Waals surface area (Å²) in [6, 6.07) is 9.20. The smallest absolute Gasteiger partial charge is 0.332 e. The number of nitrogens with zero attached hydrogens (tertiary/aromatic N) is 4. The highest BCUT2D eigenvalue weighted by atomic mass is 32.2. The number of hydrogen-bond acceptors (Lipinski definition) is 9. The van der Waals surface area contributed by atoms with Crippen molar-refractivity contribution in [3.05, 3.63) is 62.3 Å². The molecule has 0 spiro atoms. The average molecular weight is 419 g/mol. The fourth-order valence-electron chi connectivity index (χ4n) is 2.65. The molecule has 146 valence electrons. The molecule has 3 aromatic rings. The maximum Gasteiger partial charge on any atom is 0.332 e. The third-order valence-electron chi connectivity index (χ3n) is 4.00. The molecule has 0 bridgehead atoms. The molecule has 0 saturated carbocycles. The van der Waals surface area contributed by atoms with Gasteiger partial charge in [0.2, 0.25) is 5.13 Å². The van der Waals surface area contributed by atoms with Gasteiger partial charge in [-0.25, -0.2) is 4.79 Å². The van der Waals surface area contributed by atoms with Crippen molar-refractivity contribution >= 4 is 39.8 Å². The standard InChI is InChI=1S/C17H18N6O3S2/c1-2-22-14(25)12(11(24)9-27-16-21-20-15(19)28-16)13(18)23(17(22)26)8-10-6-4-3-5-7-10/h3-7H,2,8-9,18H2,1H3,(H2,19,20). The van der Waals surface area contributed by atoms with Gasteiger partial charge in [-0.3, -0.25) is 18.7 Å². The van der Waals surface area contributed by atoms with Gasteiger partial charge in [0.15, 0.2) is 10.1 Å². The second kappa shape index (κ2) is 8.40. The first kappa shape index (κ1) is 19.8. The molecular formula is C17H18N6O3S2. The molecule has 28 heavy (non-hydrogen) atoms. The SMILES string of the molecule is CCn1c(=O)c(C(=O)CSc2nnc(N)s2)c(N)n(Cc2ccccc2)c1=O. The third-order valence-corrected chi connectivity index (χ3v) is 5.88. The summed E-state index contributed by atoms with van der Waals surface area (Å²) in [5, 5.41) is 7.80. The zero-order valence-electron chi connectivity index (χ0n) is 15.0. The van der Waals surface area contributed by atoms with Crippen molar-refractivity contribution < 1.29 is 4.79 Å². The maximum absolute atomic E-state index is 12.7. The van der Waals surface area contributed by atoms with Crippen LogP contribution in [0.1, 0.15) is 22.8 Å². The summed E-state index contributed by atoms with van der Waals surface area (Å²) >= 11 is 2.26. The molecule has 2 heterocycles. The quantitative estimate of drug-likeness (QED) is 0.429. The predicted octanol–water partition coefficient (Wildman–Crippen LogP) is 1.07. The lowest BCUT2D eigenvalue weighted by Crippen LogP contribution is -2.44. The fraction of sp³-hybridized carbons (Fsp3) is 0.235. The second-order valence-electron chi connectivity index (χ2n) is 5.78. The van der Waals surface area contributed by atoms with Crippen molar-refractivity contribution in [1.29, 1.82) is 0 Å². The predicted molar refractivity (Wildman–Crippen MR) is 110 cm³/mol. The van der Waals surface area contributed by atoms with Gasteiger partial charge < -0.3 is 11.5 Å². The minimum atomic E-state index is -0.684. The first-order chi connectivity index (χ1) is 13.4. The van der Waals surface area contributed by atoms with Gasteiger partial charge in [0.25, 0.3) is 5.56 Å². The van der Waals surface area contributed by atoms with Crippen LogP contribution in [0.5, 0.6) is 0 Å². The molecule has 4 N–H and O–H groups in total. The van der Waals surface area contributed by atoms with E-state index in [0.717, 1.165) is 33.2 Å². The van der Waals surface area contributed by atoms with Crippen LogP contribution in [0.15, 0.2) is 44.3 Å². The van der Waals surface area contributed by atoms with Gasteiger partial charge in [0.1, 0.15) is 11.4 Å². The van der Waals surface area contributed by atoms with Crippen LogP contribution in [-0.2, 0) is 13.1 Å². The molecule has 0 saturated heterocycles.